The highest BCUT2D eigenvalue weighted by Crippen LogP contribution is 2.27. The summed E-state index contributed by atoms with van der Waals surface area (Å²) in [5, 5.41) is 0.232. The van der Waals surface area contributed by atoms with E-state index in [9.17, 15) is 0 Å². The van der Waals surface area contributed by atoms with Crippen LogP contribution in [0.15, 0.2) is 17.0 Å². The van der Waals surface area contributed by atoms with Crippen molar-refractivity contribution in [3.05, 3.63) is 33.3 Å². The first-order valence-electron chi connectivity index (χ1n) is 5.77. The topological polar surface area (TPSA) is 82.5 Å². The number of aromatic nitrogens is 5. The van der Waals surface area contributed by atoms with Crippen LogP contribution in [0.1, 0.15) is 11.1 Å². The van der Waals surface area contributed by atoms with E-state index < -0.39 is 0 Å². The number of nitrogens with zero attached hydrogens (tertiary/aromatic N) is 5. The largest absolute Gasteiger partial charge is 0.368 e. The van der Waals surface area contributed by atoms with E-state index in [4.69, 9.17) is 17.3 Å². The lowest BCUT2D eigenvalue weighted by Gasteiger charge is -2.10. The number of imidazole rings is 1. The van der Waals surface area contributed by atoms with Gasteiger partial charge in [-0.1, -0.05) is 27.5 Å². The highest BCUT2D eigenvalue weighted by Gasteiger charge is 2.15. The molecule has 0 aromatic carbocycles. The van der Waals surface area contributed by atoms with Gasteiger partial charge in [-0.05, 0) is 19.4 Å². The molecule has 3 rings (SSSR count). The van der Waals surface area contributed by atoms with Gasteiger partial charge in [0.05, 0.1) is 0 Å². The summed E-state index contributed by atoms with van der Waals surface area (Å²) < 4.78 is 2.75. The summed E-state index contributed by atoms with van der Waals surface area (Å²) in [6.45, 7) is 3.95. The number of halogens is 2. The average Bonchev–Trinajstić information content (AvgIpc) is 2.80. The SMILES string of the molecule is Cc1cnc(-n2cnc3c(Cl)nc(N)nc32)c(C)c1Br. The predicted octanol–water partition coefficient (Wildman–Crippen LogP) is 2.83. The molecule has 0 atom stereocenters. The minimum absolute atomic E-state index is 0.105. The van der Waals surface area contributed by atoms with Gasteiger partial charge in [-0.3, -0.25) is 4.57 Å². The van der Waals surface area contributed by atoms with Crippen LogP contribution in [-0.2, 0) is 0 Å². The molecule has 0 amide bonds. The maximum Gasteiger partial charge on any atom is 0.223 e. The highest BCUT2D eigenvalue weighted by atomic mass is 79.9. The van der Waals surface area contributed by atoms with E-state index in [1.165, 1.54) is 0 Å². The number of rotatable bonds is 1. The molecular formula is C12H10BrClN6. The molecule has 8 heteroatoms. The van der Waals surface area contributed by atoms with Gasteiger partial charge in [0.15, 0.2) is 10.8 Å². The van der Waals surface area contributed by atoms with E-state index in [2.05, 4.69) is 35.9 Å². The lowest BCUT2D eigenvalue weighted by molar-refractivity contribution is 0.975. The van der Waals surface area contributed by atoms with Crippen LogP contribution in [-0.4, -0.2) is 24.5 Å². The standard InChI is InChI=1S/C12H10BrClN6/c1-5-3-16-10(6(2)7(5)13)20-4-17-8-9(14)18-12(15)19-11(8)20/h3-4H,1-2H3,(H2,15,18,19). The van der Waals surface area contributed by atoms with E-state index in [0.29, 0.717) is 11.2 Å². The van der Waals surface area contributed by atoms with Crippen LogP contribution in [0.3, 0.4) is 0 Å². The lowest BCUT2D eigenvalue weighted by Crippen LogP contribution is -2.03. The van der Waals surface area contributed by atoms with E-state index in [-0.39, 0.29) is 11.1 Å². The molecular weight excluding hydrogens is 344 g/mol. The second-order valence-electron chi connectivity index (χ2n) is 4.36. The first-order valence-corrected chi connectivity index (χ1v) is 6.94. The third-order valence-electron chi connectivity index (χ3n) is 2.99. The monoisotopic (exact) mass is 352 g/mol. The normalized spacial score (nSPS) is 11.2. The number of hydrogen-bond acceptors (Lipinski definition) is 5. The summed E-state index contributed by atoms with van der Waals surface area (Å²) in [6, 6.07) is 0. The Balaban J connectivity index is 2.33. The molecule has 102 valence electrons. The molecule has 0 aliphatic heterocycles. The van der Waals surface area contributed by atoms with Crippen LogP contribution in [0.2, 0.25) is 5.15 Å². The molecule has 0 unspecified atom stereocenters. The zero-order valence-electron chi connectivity index (χ0n) is 10.7. The van der Waals surface area contributed by atoms with Crippen molar-refractivity contribution in [3.63, 3.8) is 0 Å². The second kappa shape index (κ2) is 4.68. The molecule has 3 aromatic heterocycles. The molecule has 6 nitrogen and oxygen atoms in total. The highest BCUT2D eigenvalue weighted by molar-refractivity contribution is 9.10. The molecule has 0 radical (unpaired) electrons. The number of nitrogens with two attached hydrogens (primary N) is 1. The molecule has 0 saturated carbocycles. The third-order valence-corrected chi connectivity index (χ3v) is 4.47. The van der Waals surface area contributed by atoms with Gasteiger partial charge in [0.2, 0.25) is 5.95 Å². The molecule has 3 aromatic rings. The van der Waals surface area contributed by atoms with Gasteiger partial charge in [-0.15, -0.1) is 0 Å². The van der Waals surface area contributed by atoms with Crippen molar-refractivity contribution >= 4 is 44.6 Å². The average molecular weight is 354 g/mol. The van der Waals surface area contributed by atoms with Gasteiger partial charge < -0.3 is 5.73 Å². The first-order chi connectivity index (χ1) is 9.49. The molecule has 0 bridgehead atoms. The Morgan fingerprint density at radius 1 is 1.25 bits per heavy atom. The van der Waals surface area contributed by atoms with Crippen molar-refractivity contribution in [2.24, 2.45) is 0 Å². The van der Waals surface area contributed by atoms with Crippen molar-refractivity contribution in [2.45, 2.75) is 13.8 Å². The fourth-order valence-electron chi connectivity index (χ4n) is 1.98. The summed E-state index contributed by atoms with van der Waals surface area (Å²) in [6.07, 6.45) is 3.40. The van der Waals surface area contributed by atoms with Gasteiger partial charge in [-0.2, -0.15) is 9.97 Å². The first kappa shape index (κ1) is 13.3. The van der Waals surface area contributed by atoms with Crippen LogP contribution < -0.4 is 5.73 Å². The third kappa shape index (κ3) is 1.94. The van der Waals surface area contributed by atoms with Crippen molar-refractivity contribution in [3.8, 4) is 5.82 Å². The van der Waals surface area contributed by atoms with E-state index in [1.54, 1.807) is 17.1 Å². The second-order valence-corrected chi connectivity index (χ2v) is 5.51. The molecule has 3 heterocycles. The molecule has 20 heavy (non-hydrogen) atoms. The zero-order valence-corrected chi connectivity index (χ0v) is 13.1. The number of hydrogen-bond donors (Lipinski definition) is 1. The predicted molar refractivity (Wildman–Crippen MR) is 81.1 cm³/mol. The Morgan fingerprint density at radius 2 is 2.00 bits per heavy atom. The maximum absolute atomic E-state index is 6.02. The van der Waals surface area contributed by atoms with Gasteiger partial charge in [0.1, 0.15) is 17.7 Å². The summed E-state index contributed by atoms with van der Waals surface area (Å²) in [5.41, 5.74) is 8.72. The van der Waals surface area contributed by atoms with E-state index >= 15 is 0 Å². The van der Waals surface area contributed by atoms with Gasteiger partial charge >= 0.3 is 0 Å². The smallest absolute Gasteiger partial charge is 0.223 e. The van der Waals surface area contributed by atoms with Crippen LogP contribution in [0, 0.1) is 13.8 Å². The molecule has 0 aliphatic rings. The minimum Gasteiger partial charge on any atom is -0.368 e. The summed E-state index contributed by atoms with van der Waals surface area (Å²) in [4.78, 5) is 16.7. The number of fused-ring (bicyclic) bond motifs is 1. The molecule has 0 aliphatic carbocycles. The summed E-state index contributed by atoms with van der Waals surface area (Å²) >= 11 is 9.57. The zero-order chi connectivity index (χ0) is 14.4. The van der Waals surface area contributed by atoms with Gasteiger partial charge in [-0.25, -0.2) is 9.97 Å². The number of aryl methyl sites for hydroxylation is 1. The van der Waals surface area contributed by atoms with Crippen molar-refractivity contribution in [1.29, 1.82) is 0 Å². The molecule has 0 fully saturated rings. The Bertz CT molecular complexity index is 828. The van der Waals surface area contributed by atoms with E-state index in [0.717, 1.165) is 21.4 Å². The van der Waals surface area contributed by atoms with Crippen LogP contribution >= 0.6 is 27.5 Å². The Labute approximate surface area is 128 Å². The summed E-state index contributed by atoms with van der Waals surface area (Å²) in [5.74, 6) is 0.826. The Hall–Kier alpha value is -1.73. The van der Waals surface area contributed by atoms with Crippen LogP contribution in [0.25, 0.3) is 17.0 Å². The van der Waals surface area contributed by atoms with Gasteiger partial charge in [0, 0.05) is 16.2 Å². The summed E-state index contributed by atoms with van der Waals surface area (Å²) in [7, 11) is 0. The quantitative estimate of drug-likeness (QED) is 0.680. The van der Waals surface area contributed by atoms with Crippen molar-refractivity contribution in [2.75, 3.05) is 5.73 Å². The molecule has 2 N–H and O–H groups in total. The minimum atomic E-state index is 0.105. The van der Waals surface area contributed by atoms with Crippen LogP contribution in [0.5, 0.6) is 0 Å². The molecule has 0 saturated heterocycles. The fraction of sp³-hybridized carbons (Fsp3) is 0.167. The lowest BCUT2D eigenvalue weighted by atomic mass is 10.2. The maximum atomic E-state index is 6.02. The van der Waals surface area contributed by atoms with Crippen LogP contribution in [0.4, 0.5) is 5.95 Å². The number of anilines is 1. The van der Waals surface area contributed by atoms with E-state index in [1.807, 2.05) is 13.8 Å². The van der Waals surface area contributed by atoms with Gasteiger partial charge in [0.25, 0.3) is 0 Å². The Morgan fingerprint density at radius 3 is 2.75 bits per heavy atom. The number of nitrogen functional groups attached to an aromatic ring is 1. The van der Waals surface area contributed by atoms with Crippen molar-refractivity contribution < 1.29 is 0 Å². The van der Waals surface area contributed by atoms with Crippen molar-refractivity contribution in [1.82, 2.24) is 24.5 Å². The fourth-order valence-corrected chi connectivity index (χ4v) is 2.48. The Kier molecular flexibility index (Phi) is 3.10. The number of pyridine rings is 1. The molecule has 0 spiro atoms.